The van der Waals surface area contributed by atoms with E-state index in [4.69, 9.17) is 0 Å². The van der Waals surface area contributed by atoms with E-state index in [1.165, 1.54) is 127 Å². The zero-order valence-corrected chi connectivity index (χ0v) is 47.4. The summed E-state index contributed by atoms with van der Waals surface area (Å²) in [5.41, 5.74) is 30.1. The number of rotatable bonds is 8. The molecular formula is C77H80. The van der Waals surface area contributed by atoms with Crippen LogP contribution in [-0.4, -0.2) is 0 Å². The Morgan fingerprint density at radius 3 is 2.10 bits per heavy atom. The van der Waals surface area contributed by atoms with Crippen molar-refractivity contribution in [2.45, 2.75) is 130 Å². The highest BCUT2D eigenvalue weighted by Gasteiger charge is 2.48. The normalized spacial score (nSPS) is 21.1. The Labute approximate surface area is 462 Å². The van der Waals surface area contributed by atoms with Gasteiger partial charge in [-0.1, -0.05) is 259 Å². The molecule has 0 aliphatic heterocycles. The van der Waals surface area contributed by atoms with E-state index in [0.29, 0.717) is 17.8 Å². The van der Waals surface area contributed by atoms with Crippen molar-refractivity contribution in [3.05, 3.63) is 273 Å². The molecular weight excluding hydrogens is 925 g/mol. The van der Waals surface area contributed by atoms with E-state index in [2.05, 4.69) is 256 Å². The van der Waals surface area contributed by atoms with Crippen molar-refractivity contribution < 1.29 is 0 Å². The summed E-state index contributed by atoms with van der Waals surface area (Å²) in [6.07, 6.45) is 34.7. The lowest BCUT2D eigenvalue weighted by atomic mass is 9.73. The number of hydrogen-bond acceptors (Lipinski definition) is 0. The smallest absolute Gasteiger partial charge is 0.0120 e. The van der Waals surface area contributed by atoms with Gasteiger partial charge >= 0.3 is 0 Å². The molecule has 0 radical (unpaired) electrons. The Morgan fingerprint density at radius 2 is 1.38 bits per heavy atom. The third-order valence-corrected chi connectivity index (χ3v) is 18.4. The molecule has 0 aromatic heterocycles. The Kier molecular flexibility index (Phi) is 14.7. The SMILES string of the molecule is C=C1CC=C(CCC)C2=C1C1CC=CC=C1C2(C)C.Cc1ccc(-c2cccc(C3CCC3)c2-c2ccccc2C)cc1.Cc1cccc(C2=CC3c4c(-c5ccccc5)cc(C5=CCCC=C5)cc4C(C)(C)C3C=C2)c1. The summed E-state index contributed by atoms with van der Waals surface area (Å²) in [5, 5.41) is 0. The van der Waals surface area contributed by atoms with Gasteiger partial charge in [-0.3, -0.25) is 0 Å². The first-order valence-corrected chi connectivity index (χ1v) is 29.2. The van der Waals surface area contributed by atoms with Gasteiger partial charge < -0.3 is 0 Å². The van der Waals surface area contributed by atoms with Gasteiger partial charge in [-0.15, -0.1) is 0 Å². The largest absolute Gasteiger partial charge is 0.0952 e. The average molecular weight is 1010 g/mol. The van der Waals surface area contributed by atoms with Crippen molar-refractivity contribution in [1.82, 2.24) is 0 Å². The summed E-state index contributed by atoms with van der Waals surface area (Å²) >= 11 is 0. The Bertz CT molecular complexity index is 3480. The summed E-state index contributed by atoms with van der Waals surface area (Å²) in [5.74, 6) is 2.17. The number of benzene rings is 6. The summed E-state index contributed by atoms with van der Waals surface area (Å²) in [4.78, 5) is 0. The predicted molar refractivity (Wildman–Crippen MR) is 332 cm³/mol. The molecule has 0 spiro atoms. The maximum atomic E-state index is 4.35. The number of fused-ring (bicyclic) bond motifs is 5. The fourth-order valence-electron chi connectivity index (χ4n) is 14.1. The highest BCUT2D eigenvalue weighted by molar-refractivity contribution is 5.88. The number of aryl methyl sites for hydroxylation is 3. The third kappa shape index (κ3) is 9.99. The van der Waals surface area contributed by atoms with Crippen LogP contribution in [0.1, 0.15) is 149 Å². The Hall–Kier alpha value is -7.02. The van der Waals surface area contributed by atoms with Crippen LogP contribution in [0.5, 0.6) is 0 Å². The molecule has 6 aromatic carbocycles. The molecule has 0 nitrogen and oxygen atoms in total. The minimum Gasteiger partial charge on any atom is -0.0952 e. The summed E-state index contributed by atoms with van der Waals surface area (Å²) in [6, 6.07) is 49.5. The van der Waals surface area contributed by atoms with E-state index < -0.39 is 0 Å². The minimum atomic E-state index is 0.0730. The van der Waals surface area contributed by atoms with Gasteiger partial charge in [-0.2, -0.15) is 0 Å². The third-order valence-electron chi connectivity index (χ3n) is 18.4. The molecule has 6 aromatic rings. The van der Waals surface area contributed by atoms with Gasteiger partial charge in [0.25, 0.3) is 0 Å². The second-order valence-electron chi connectivity index (χ2n) is 24.2. The van der Waals surface area contributed by atoms with E-state index in [1.807, 2.05) is 0 Å². The summed E-state index contributed by atoms with van der Waals surface area (Å²) in [7, 11) is 0. The predicted octanol–water partition coefficient (Wildman–Crippen LogP) is 21.5. The van der Waals surface area contributed by atoms with E-state index in [0.717, 1.165) is 31.6 Å². The van der Waals surface area contributed by atoms with Crippen LogP contribution in [-0.2, 0) is 5.41 Å². The van der Waals surface area contributed by atoms with Crippen LogP contribution in [0.3, 0.4) is 0 Å². The van der Waals surface area contributed by atoms with E-state index in [-0.39, 0.29) is 10.8 Å². The van der Waals surface area contributed by atoms with Gasteiger partial charge in [0.2, 0.25) is 0 Å². The van der Waals surface area contributed by atoms with Gasteiger partial charge in [0.05, 0.1) is 0 Å². The Morgan fingerprint density at radius 1 is 0.636 bits per heavy atom. The van der Waals surface area contributed by atoms with Crippen molar-refractivity contribution in [2.24, 2.45) is 17.3 Å². The maximum absolute atomic E-state index is 4.35. The molecule has 0 saturated heterocycles. The van der Waals surface area contributed by atoms with Crippen LogP contribution in [0.25, 0.3) is 44.5 Å². The zero-order valence-electron chi connectivity index (χ0n) is 47.4. The van der Waals surface area contributed by atoms with E-state index in [9.17, 15) is 0 Å². The molecule has 0 bridgehead atoms. The molecule has 7 aliphatic rings. The molecule has 7 aliphatic carbocycles. The minimum absolute atomic E-state index is 0.0730. The monoisotopic (exact) mass is 1000 g/mol. The summed E-state index contributed by atoms with van der Waals surface area (Å²) in [6.45, 7) is 22.9. The molecule has 3 unspecified atom stereocenters. The summed E-state index contributed by atoms with van der Waals surface area (Å²) < 4.78 is 0. The average Bonchev–Trinajstić information content (AvgIpc) is 4.09. The van der Waals surface area contributed by atoms with Crippen LogP contribution < -0.4 is 0 Å². The topological polar surface area (TPSA) is 0 Å². The molecule has 3 atom stereocenters. The van der Waals surface area contributed by atoms with Crippen LogP contribution in [0.4, 0.5) is 0 Å². The molecule has 388 valence electrons. The number of allylic oxidation sites excluding steroid dienone is 17. The highest BCUT2D eigenvalue weighted by Crippen LogP contribution is 2.60. The van der Waals surface area contributed by atoms with Gasteiger partial charge in [0.15, 0.2) is 0 Å². The first-order valence-electron chi connectivity index (χ1n) is 29.2. The van der Waals surface area contributed by atoms with E-state index >= 15 is 0 Å². The zero-order chi connectivity index (χ0) is 53.4. The fourth-order valence-corrected chi connectivity index (χ4v) is 14.1. The van der Waals surface area contributed by atoms with Gasteiger partial charge in [0, 0.05) is 17.3 Å². The van der Waals surface area contributed by atoms with Crippen molar-refractivity contribution in [3.63, 3.8) is 0 Å². The first-order chi connectivity index (χ1) is 37.3. The van der Waals surface area contributed by atoms with Crippen LogP contribution in [0.2, 0.25) is 0 Å². The lowest BCUT2D eigenvalue weighted by Gasteiger charge is -2.30. The Balaban J connectivity index is 0.000000129. The van der Waals surface area contributed by atoms with Crippen molar-refractivity contribution >= 4 is 11.1 Å². The molecule has 13 rings (SSSR count). The standard InChI is InChI=1S/C34H32.C24H24.C19H24/c1-23-11-10-16-26(19-23)27-17-18-31-30(20-27)33-29(25-14-8-5-9-15-25)21-28(22-32(33)34(31,2)3)24-12-6-4-7-13-24;1-17-13-15-20(16-14-17)23-12-6-11-22(19-8-5-9-19)24(23)21-10-4-3-7-18(21)2;1-5-8-14-12-11-13(2)17-15-9-6-7-10-16(15)19(3,4)18(14)17/h5-6,8-22,30-31H,4,7H2,1-3H3;3-4,6-7,10-16,19H,5,8-9H2,1-2H3;6-7,10,12,15H,2,5,8-9,11H2,1,3-4H3. The van der Waals surface area contributed by atoms with Crippen molar-refractivity contribution in [1.29, 1.82) is 0 Å². The first kappa shape index (κ1) is 52.1. The molecule has 77 heavy (non-hydrogen) atoms. The molecule has 1 fully saturated rings. The van der Waals surface area contributed by atoms with Gasteiger partial charge in [0.1, 0.15) is 0 Å². The van der Waals surface area contributed by atoms with E-state index in [1.54, 1.807) is 22.3 Å². The number of hydrogen-bond donors (Lipinski definition) is 0. The van der Waals surface area contributed by atoms with Crippen LogP contribution >= 0.6 is 0 Å². The lowest BCUT2D eigenvalue weighted by Crippen LogP contribution is -2.25. The molecule has 0 N–H and O–H groups in total. The highest BCUT2D eigenvalue weighted by atomic mass is 14.5. The molecule has 1 saturated carbocycles. The molecule has 0 amide bonds. The second-order valence-corrected chi connectivity index (χ2v) is 24.2. The fraction of sp³-hybridized carbons (Fsp3) is 0.299. The molecule has 0 heteroatoms. The van der Waals surface area contributed by atoms with Crippen molar-refractivity contribution in [3.8, 4) is 33.4 Å². The van der Waals surface area contributed by atoms with Gasteiger partial charge in [-0.05, 0) is 189 Å². The maximum Gasteiger partial charge on any atom is 0.0120 e. The lowest BCUT2D eigenvalue weighted by molar-refractivity contribution is 0.395. The van der Waals surface area contributed by atoms with Crippen LogP contribution in [0, 0.1) is 38.0 Å². The van der Waals surface area contributed by atoms with Crippen molar-refractivity contribution in [2.75, 3.05) is 0 Å². The molecule has 0 heterocycles. The second kappa shape index (κ2) is 21.8. The quantitative estimate of drug-likeness (QED) is 0.143. The van der Waals surface area contributed by atoms with Gasteiger partial charge in [-0.25, -0.2) is 0 Å². The van der Waals surface area contributed by atoms with Crippen LogP contribution in [0.15, 0.2) is 229 Å².